The number of aryl methyl sites for hydroxylation is 1. The van der Waals surface area contributed by atoms with Crippen LogP contribution in [0, 0.1) is 0 Å². The van der Waals surface area contributed by atoms with Crippen molar-refractivity contribution < 1.29 is 0 Å². The Balaban J connectivity index is 1.47. The fraction of sp³-hybridized carbons (Fsp3) is 0.348. The van der Waals surface area contributed by atoms with Crippen molar-refractivity contribution in [1.82, 2.24) is 19.4 Å². The maximum absolute atomic E-state index is 4.54. The van der Waals surface area contributed by atoms with Crippen LogP contribution in [0.1, 0.15) is 29.9 Å². The van der Waals surface area contributed by atoms with E-state index < -0.39 is 0 Å². The molecular weight excluding hydrogens is 332 g/mol. The highest BCUT2D eigenvalue weighted by molar-refractivity contribution is 5.31. The second kappa shape index (κ2) is 8.51. The van der Waals surface area contributed by atoms with Crippen molar-refractivity contribution in [3.05, 3.63) is 90.0 Å². The van der Waals surface area contributed by atoms with Gasteiger partial charge in [0, 0.05) is 45.1 Å². The molecule has 0 amide bonds. The fourth-order valence-corrected chi connectivity index (χ4v) is 4.04. The minimum absolute atomic E-state index is 0.326. The highest BCUT2D eigenvalue weighted by Crippen LogP contribution is 2.29. The van der Waals surface area contributed by atoms with E-state index >= 15 is 0 Å². The first kappa shape index (κ1) is 18.0. The van der Waals surface area contributed by atoms with Crippen LogP contribution in [0.3, 0.4) is 0 Å². The molecule has 1 aromatic heterocycles. The minimum atomic E-state index is 0.326. The Labute approximate surface area is 162 Å². The summed E-state index contributed by atoms with van der Waals surface area (Å²) >= 11 is 0. The Morgan fingerprint density at radius 2 is 1.44 bits per heavy atom. The number of benzene rings is 2. The zero-order valence-electron chi connectivity index (χ0n) is 16.0. The number of piperazine rings is 1. The summed E-state index contributed by atoms with van der Waals surface area (Å²) in [5.74, 6) is 1.17. The smallest absolute Gasteiger partial charge is 0.122 e. The fourth-order valence-electron chi connectivity index (χ4n) is 4.04. The predicted molar refractivity (Wildman–Crippen MR) is 109 cm³/mol. The molecule has 4 rings (SSSR count). The molecule has 0 bridgehead atoms. The summed E-state index contributed by atoms with van der Waals surface area (Å²) in [4.78, 5) is 9.68. The average Bonchev–Trinajstić information content (AvgIpc) is 3.18. The lowest BCUT2D eigenvalue weighted by Crippen LogP contribution is -2.47. The van der Waals surface area contributed by atoms with Crippen LogP contribution in [-0.4, -0.2) is 45.5 Å². The van der Waals surface area contributed by atoms with Gasteiger partial charge in [-0.2, -0.15) is 0 Å². The quantitative estimate of drug-likeness (QED) is 0.668. The molecule has 0 atom stereocenters. The van der Waals surface area contributed by atoms with Crippen LogP contribution in [0.5, 0.6) is 0 Å². The summed E-state index contributed by atoms with van der Waals surface area (Å²) in [6, 6.07) is 22.1. The van der Waals surface area contributed by atoms with Gasteiger partial charge in [0.15, 0.2) is 0 Å². The first-order valence-corrected chi connectivity index (χ1v) is 9.91. The van der Waals surface area contributed by atoms with Gasteiger partial charge >= 0.3 is 0 Å². The zero-order chi connectivity index (χ0) is 18.5. The number of nitrogens with zero attached hydrogens (tertiary/aromatic N) is 4. The summed E-state index contributed by atoms with van der Waals surface area (Å²) in [6.07, 6.45) is 3.99. The average molecular weight is 361 g/mol. The number of aromatic nitrogens is 2. The van der Waals surface area contributed by atoms with Gasteiger partial charge in [0.1, 0.15) is 5.82 Å². The molecule has 4 heteroatoms. The van der Waals surface area contributed by atoms with Gasteiger partial charge in [0.25, 0.3) is 0 Å². The molecule has 0 aliphatic carbocycles. The van der Waals surface area contributed by atoms with E-state index in [0.29, 0.717) is 6.04 Å². The van der Waals surface area contributed by atoms with Crippen molar-refractivity contribution in [2.75, 3.05) is 26.2 Å². The molecule has 0 spiro atoms. The third kappa shape index (κ3) is 4.12. The molecule has 1 fully saturated rings. The van der Waals surface area contributed by atoms with Crippen LogP contribution in [0.15, 0.2) is 73.1 Å². The second-order valence-corrected chi connectivity index (χ2v) is 7.17. The normalized spacial score (nSPS) is 16.1. The van der Waals surface area contributed by atoms with E-state index in [0.717, 1.165) is 39.3 Å². The molecule has 0 saturated carbocycles. The monoisotopic (exact) mass is 360 g/mol. The molecule has 3 aromatic rings. The van der Waals surface area contributed by atoms with Gasteiger partial charge in [-0.15, -0.1) is 0 Å². The van der Waals surface area contributed by atoms with E-state index in [2.05, 4.69) is 93.1 Å². The maximum atomic E-state index is 4.54. The first-order chi connectivity index (χ1) is 13.3. The minimum Gasteiger partial charge on any atom is -0.334 e. The first-order valence-electron chi connectivity index (χ1n) is 9.91. The largest absolute Gasteiger partial charge is 0.334 e. The van der Waals surface area contributed by atoms with Gasteiger partial charge in [-0.3, -0.25) is 9.80 Å². The number of hydrogen-bond donors (Lipinski definition) is 0. The molecule has 27 heavy (non-hydrogen) atoms. The number of rotatable bonds is 6. The third-order valence-corrected chi connectivity index (χ3v) is 5.51. The topological polar surface area (TPSA) is 24.3 Å². The summed E-state index contributed by atoms with van der Waals surface area (Å²) in [7, 11) is 0. The van der Waals surface area contributed by atoms with Gasteiger partial charge in [0.05, 0.1) is 12.6 Å². The molecule has 0 unspecified atom stereocenters. The highest BCUT2D eigenvalue weighted by Gasteiger charge is 2.26. The van der Waals surface area contributed by atoms with Crippen molar-refractivity contribution in [3.63, 3.8) is 0 Å². The molecule has 140 valence electrons. The van der Waals surface area contributed by atoms with Crippen molar-refractivity contribution in [1.29, 1.82) is 0 Å². The van der Waals surface area contributed by atoms with Crippen molar-refractivity contribution in [3.8, 4) is 0 Å². The molecule has 2 aromatic carbocycles. The highest BCUT2D eigenvalue weighted by atomic mass is 15.3. The lowest BCUT2D eigenvalue weighted by Gasteiger charge is -2.39. The summed E-state index contributed by atoms with van der Waals surface area (Å²) in [5, 5.41) is 0. The summed E-state index contributed by atoms with van der Waals surface area (Å²) < 4.78 is 2.24. The summed E-state index contributed by atoms with van der Waals surface area (Å²) in [6.45, 7) is 8.39. The lowest BCUT2D eigenvalue weighted by atomic mass is 9.96. The molecule has 1 saturated heterocycles. The van der Waals surface area contributed by atoms with Gasteiger partial charge in [-0.05, 0) is 18.1 Å². The molecule has 4 nitrogen and oxygen atoms in total. The van der Waals surface area contributed by atoms with E-state index in [-0.39, 0.29) is 0 Å². The van der Waals surface area contributed by atoms with Crippen LogP contribution in [-0.2, 0) is 13.1 Å². The van der Waals surface area contributed by atoms with Gasteiger partial charge < -0.3 is 4.57 Å². The summed E-state index contributed by atoms with van der Waals surface area (Å²) in [5.41, 5.74) is 2.75. The van der Waals surface area contributed by atoms with Crippen LogP contribution in [0.4, 0.5) is 0 Å². The lowest BCUT2D eigenvalue weighted by molar-refractivity contribution is 0.102. The Bertz CT molecular complexity index is 780. The van der Waals surface area contributed by atoms with Gasteiger partial charge in [-0.25, -0.2) is 4.98 Å². The maximum Gasteiger partial charge on any atom is 0.122 e. The molecular formula is C23H28N4. The van der Waals surface area contributed by atoms with Gasteiger partial charge in [-0.1, -0.05) is 60.7 Å². The van der Waals surface area contributed by atoms with E-state index in [1.807, 2.05) is 6.20 Å². The SMILES string of the molecule is CCn1ccnc1CN1CCN(C(c2ccccc2)c2ccccc2)CC1. The standard InChI is InChI=1S/C23H28N4/c1-2-26-14-13-24-22(26)19-25-15-17-27(18-16-25)23(20-9-5-3-6-10-20)21-11-7-4-8-12-21/h3-14,23H,2,15-19H2,1H3. The van der Waals surface area contributed by atoms with Gasteiger partial charge in [0.2, 0.25) is 0 Å². The van der Waals surface area contributed by atoms with E-state index in [9.17, 15) is 0 Å². The Morgan fingerprint density at radius 1 is 0.852 bits per heavy atom. The van der Waals surface area contributed by atoms with E-state index in [1.165, 1.54) is 17.0 Å². The van der Waals surface area contributed by atoms with Crippen molar-refractivity contribution >= 4 is 0 Å². The molecule has 1 aliphatic heterocycles. The number of imidazole rings is 1. The van der Waals surface area contributed by atoms with Crippen LogP contribution in [0.25, 0.3) is 0 Å². The van der Waals surface area contributed by atoms with Crippen molar-refractivity contribution in [2.45, 2.75) is 26.1 Å². The Morgan fingerprint density at radius 3 is 2.00 bits per heavy atom. The molecule has 0 N–H and O–H groups in total. The predicted octanol–water partition coefficient (Wildman–Crippen LogP) is 3.81. The zero-order valence-corrected chi connectivity index (χ0v) is 16.0. The van der Waals surface area contributed by atoms with E-state index in [1.54, 1.807) is 0 Å². The van der Waals surface area contributed by atoms with Crippen LogP contribution >= 0.6 is 0 Å². The third-order valence-electron chi connectivity index (χ3n) is 5.51. The Kier molecular flexibility index (Phi) is 5.66. The number of hydrogen-bond acceptors (Lipinski definition) is 3. The second-order valence-electron chi connectivity index (χ2n) is 7.17. The molecule has 1 aliphatic rings. The van der Waals surface area contributed by atoms with Crippen molar-refractivity contribution in [2.24, 2.45) is 0 Å². The van der Waals surface area contributed by atoms with E-state index in [4.69, 9.17) is 0 Å². The molecule has 0 radical (unpaired) electrons. The Hall–Kier alpha value is -2.43. The molecule has 2 heterocycles. The van der Waals surface area contributed by atoms with Crippen LogP contribution < -0.4 is 0 Å². The van der Waals surface area contributed by atoms with Crippen LogP contribution in [0.2, 0.25) is 0 Å².